The molecule has 1 aliphatic rings. The van der Waals surface area contributed by atoms with Gasteiger partial charge in [0.1, 0.15) is 11.8 Å². The van der Waals surface area contributed by atoms with Gasteiger partial charge in [0, 0.05) is 31.9 Å². The maximum absolute atomic E-state index is 5.83. The van der Waals surface area contributed by atoms with Gasteiger partial charge >= 0.3 is 0 Å². The van der Waals surface area contributed by atoms with Gasteiger partial charge in [-0.05, 0) is 51.0 Å². The number of hydrogen-bond donors (Lipinski definition) is 1. The first-order valence-corrected chi connectivity index (χ1v) is 8.40. The van der Waals surface area contributed by atoms with Crippen molar-refractivity contribution in [2.24, 2.45) is 5.73 Å². The lowest BCUT2D eigenvalue weighted by atomic mass is 10.1. The Bertz CT molecular complexity index is 627. The van der Waals surface area contributed by atoms with Crippen LogP contribution in [0.3, 0.4) is 0 Å². The zero-order valence-corrected chi connectivity index (χ0v) is 13.9. The van der Waals surface area contributed by atoms with Gasteiger partial charge in [0.15, 0.2) is 0 Å². The van der Waals surface area contributed by atoms with Crippen LogP contribution in [0.4, 0.5) is 5.69 Å². The number of anilines is 1. The summed E-state index contributed by atoms with van der Waals surface area (Å²) in [6.07, 6.45) is 2.12. The zero-order chi connectivity index (χ0) is 16.2. The van der Waals surface area contributed by atoms with Crippen molar-refractivity contribution in [2.45, 2.75) is 39.3 Å². The highest BCUT2D eigenvalue weighted by Gasteiger charge is 2.26. The summed E-state index contributed by atoms with van der Waals surface area (Å²) in [7, 11) is 0. The fourth-order valence-corrected chi connectivity index (χ4v) is 3.17. The Kier molecular flexibility index (Phi) is 4.93. The zero-order valence-electron chi connectivity index (χ0n) is 13.9. The first-order chi connectivity index (χ1) is 11.3. The molecule has 1 aromatic heterocycles. The molecular formula is C17H25N5O. The summed E-state index contributed by atoms with van der Waals surface area (Å²) in [6.45, 7) is 7.50. The molecule has 124 valence electrons. The van der Waals surface area contributed by atoms with E-state index in [-0.39, 0.29) is 6.10 Å². The number of benzene rings is 1. The van der Waals surface area contributed by atoms with E-state index in [2.05, 4.69) is 53.3 Å². The van der Waals surface area contributed by atoms with E-state index >= 15 is 0 Å². The average Bonchev–Trinajstić information content (AvgIpc) is 3.25. The standard InChI is InChI=1S/C17H25N5O/c1-3-21(4-2)13-7-9-14(10-8-13)22-17(15(12-18)19-20-22)16-6-5-11-23-16/h7-10,16H,3-6,11-12,18H2,1-2H3. The molecule has 6 nitrogen and oxygen atoms in total. The van der Waals surface area contributed by atoms with Gasteiger partial charge in [0.2, 0.25) is 0 Å². The van der Waals surface area contributed by atoms with E-state index in [1.807, 2.05) is 4.68 Å². The Morgan fingerprint density at radius 2 is 2.00 bits per heavy atom. The van der Waals surface area contributed by atoms with E-state index in [1.165, 1.54) is 5.69 Å². The van der Waals surface area contributed by atoms with Crippen LogP contribution in [0.2, 0.25) is 0 Å². The van der Waals surface area contributed by atoms with Crippen molar-refractivity contribution >= 4 is 5.69 Å². The molecule has 6 heteroatoms. The number of nitrogens with zero attached hydrogens (tertiary/aromatic N) is 4. The van der Waals surface area contributed by atoms with Crippen LogP contribution in [0.1, 0.15) is 44.2 Å². The Morgan fingerprint density at radius 3 is 2.57 bits per heavy atom. The quantitative estimate of drug-likeness (QED) is 0.886. The number of hydrogen-bond acceptors (Lipinski definition) is 5. The molecule has 2 N–H and O–H groups in total. The fraction of sp³-hybridized carbons (Fsp3) is 0.529. The van der Waals surface area contributed by atoms with Crippen molar-refractivity contribution in [1.29, 1.82) is 0 Å². The smallest absolute Gasteiger partial charge is 0.103 e. The van der Waals surface area contributed by atoms with E-state index in [0.717, 1.165) is 49.6 Å². The van der Waals surface area contributed by atoms with Crippen LogP contribution in [0, 0.1) is 0 Å². The minimum absolute atomic E-state index is 0.0472. The topological polar surface area (TPSA) is 69.2 Å². The molecule has 2 aromatic rings. The number of aromatic nitrogens is 3. The molecule has 3 rings (SSSR count). The summed E-state index contributed by atoms with van der Waals surface area (Å²) >= 11 is 0. The maximum Gasteiger partial charge on any atom is 0.103 e. The Hall–Kier alpha value is -1.92. The van der Waals surface area contributed by atoms with Gasteiger partial charge in [-0.3, -0.25) is 0 Å². The highest BCUT2D eigenvalue weighted by atomic mass is 16.5. The predicted octanol–water partition coefficient (Wildman–Crippen LogP) is 2.42. The summed E-state index contributed by atoms with van der Waals surface area (Å²) in [5, 5.41) is 8.55. The second-order valence-corrected chi connectivity index (χ2v) is 5.73. The normalized spacial score (nSPS) is 17.6. The maximum atomic E-state index is 5.83. The summed E-state index contributed by atoms with van der Waals surface area (Å²) in [5.74, 6) is 0. The third-order valence-corrected chi connectivity index (χ3v) is 4.43. The number of nitrogens with two attached hydrogens (primary N) is 1. The van der Waals surface area contributed by atoms with Crippen molar-refractivity contribution in [3.63, 3.8) is 0 Å². The molecular weight excluding hydrogens is 290 g/mol. The molecule has 1 aromatic carbocycles. The molecule has 1 fully saturated rings. The Labute approximate surface area is 137 Å². The minimum atomic E-state index is 0.0472. The van der Waals surface area contributed by atoms with Gasteiger partial charge in [0.25, 0.3) is 0 Å². The Morgan fingerprint density at radius 1 is 1.26 bits per heavy atom. The molecule has 1 atom stereocenters. The fourth-order valence-electron chi connectivity index (χ4n) is 3.17. The van der Waals surface area contributed by atoms with Crippen molar-refractivity contribution in [1.82, 2.24) is 15.0 Å². The monoisotopic (exact) mass is 315 g/mol. The first kappa shape index (κ1) is 16.0. The first-order valence-electron chi connectivity index (χ1n) is 8.40. The van der Waals surface area contributed by atoms with Crippen molar-refractivity contribution in [2.75, 3.05) is 24.6 Å². The molecule has 1 saturated heterocycles. The number of ether oxygens (including phenoxy) is 1. The van der Waals surface area contributed by atoms with E-state index in [9.17, 15) is 0 Å². The third kappa shape index (κ3) is 3.09. The van der Waals surface area contributed by atoms with Crippen LogP contribution in [0.15, 0.2) is 24.3 Å². The van der Waals surface area contributed by atoms with E-state index in [1.54, 1.807) is 0 Å². The van der Waals surface area contributed by atoms with Gasteiger partial charge in [-0.15, -0.1) is 5.10 Å². The molecule has 0 amide bonds. The van der Waals surface area contributed by atoms with Crippen LogP contribution >= 0.6 is 0 Å². The van der Waals surface area contributed by atoms with Crippen LogP contribution in [0.5, 0.6) is 0 Å². The SMILES string of the molecule is CCN(CC)c1ccc(-n2nnc(CN)c2C2CCCO2)cc1. The van der Waals surface area contributed by atoms with E-state index in [0.29, 0.717) is 6.54 Å². The second kappa shape index (κ2) is 7.10. The van der Waals surface area contributed by atoms with Crippen LogP contribution in [-0.4, -0.2) is 34.7 Å². The highest BCUT2D eigenvalue weighted by molar-refractivity contribution is 5.51. The second-order valence-electron chi connectivity index (χ2n) is 5.73. The molecule has 0 radical (unpaired) electrons. The lowest BCUT2D eigenvalue weighted by molar-refractivity contribution is 0.106. The van der Waals surface area contributed by atoms with E-state index in [4.69, 9.17) is 10.5 Å². The lowest BCUT2D eigenvalue weighted by Gasteiger charge is -2.21. The average molecular weight is 315 g/mol. The van der Waals surface area contributed by atoms with Crippen molar-refractivity contribution < 1.29 is 4.74 Å². The predicted molar refractivity (Wildman–Crippen MR) is 90.7 cm³/mol. The van der Waals surface area contributed by atoms with Gasteiger partial charge in [-0.2, -0.15) is 0 Å². The summed E-state index contributed by atoms with van der Waals surface area (Å²) < 4.78 is 7.71. The molecule has 0 bridgehead atoms. The highest BCUT2D eigenvalue weighted by Crippen LogP contribution is 2.31. The Balaban J connectivity index is 1.93. The van der Waals surface area contributed by atoms with E-state index < -0.39 is 0 Å². The van der Waals surface area contributed by atoms with Gasteiger partial charge in [-0.1, -0.05) is 5.21 Å². The molecule has 0 aliphatic carbocycles. The summed E-state index contributed by atoms with van der Waals surface area (Å²) in [6, 6.07) is 8.43. The minimum Gasteiger partial charge on any atom is -0.372 e. The molecule has 2 heterocycles. The lowest BCUT2D eigenvalue weighted by Crippen LogP contribution is -2.21. The van der Waals surface area contributed by atoms with Gasteiger partial charge < -0.3 is 15.4 Å². The molecule has 1 unspecified atom stereocenters. The van der Waals surface area contributed by atoms with Crippen molar-refractivity contribution in [3.05, 3.63) is 35.7 Å². The molecule has 0 spiro atoms. The van der Waals surface area contributed by atoms with Crippen molar-refractivity contribution in [3.8, 4) is 5.69 Å². The summed E-state index contributed by atoms with van der Waals surface area (Å²) in [4.78, 5) is 2.32. The molecule has 1 aliphatic heterocycles. The molecule has 23 heavy (non-hydrogen) atoms. The third-order valence-electron chi connectivity index (χ3n) is 4.43. The van der Waals surface area contributed by atoms with Crippen LogP contribution in [0.25, 0.3) is 5.69 Å². The number of rotatable bonds is 6. The summed E-state index contributed by atoms with van der Waals surface area (Å²) in [5.41, 5.74) is 9.87. The van der Waals surface area contributed by atoms with Crippen LogP contribution < -0.4 is 10.6 Å². The largest absolute Gasteiger partial charge is 0.372 e. The van der Waals surface area contributed by atoms with Crippen LogP contribution in [-0.2, 0) is 11.3 Å². The molecule has 0 saturated carbocycles. The van der Waals surface area contributed by atoms with Gasteiger partial charge in [-0.25, -0.2) is 4.68 Å². The van der Waals surface area contributed by atoms with Gasteiger partial charge in [0.05, 0.1) is 11.4 Å².